The number of rotatable bonds is 9. The Bertz CT molecular complexity index is 1290. The van der Waals surface area contributed by atoms with Crippen LogP contribution in [0.4, 0.5) is 0 Å². The van der Waals surface area contributed by atoms with Gasteiger partial charge in [-0.25, -0.2) is 0 Å². The van der Waals surface area contributed by atoms with E-state index in [1.807, 2.05) is 46.8 Å². The zero-order chi connectivity index (χ0) is 36.7. The molecule has 1 aromatic carbocycles. The third-order valence-electron chi connectivity index (χ3n) is 14.6. The highest BCUT2D eigenvalue weighted by atomic mass is 16.6. The van der Waals surface area contributed by atoms with E-state index in [9.17, 15) is 14.7 Å². The normalized spacial score (nSPS) is 32.9. The molecule has 8 saturated carbocycles. The second-order valence-corrected chi connectivity index (χ2v) is 19.1. The highest BCUT2D eigenvalue weighted by Crippen LogP contribution is 2.61. The van der Waals surface area contributed by atoms with E-state index in [0.29, 0.717) is 41.8 Å². The fourth-order valence-electron chi connectivity index (χ4n) is 11.0. The lowest BCUT2D eigenvalue weighted by Crippen LogP contribution is -2.61. The molecule has 3 unspecified atom stereocenters. The predicted molar refractivity (Wildman–Crippen MR) is 240 cm³/mol. The standard InChI is InChI=1S/C18H30O2.C16H26O3.C10H14O.6CH4/c1-5-17(3,4)16(19)20-18(6-2)14-8-12-7-13(10-14)11-15(18)9-12;1-4-14(2,3)13(17)19-16-8-11-5-12(9-16)7-15(18,6-11)10-16;1-3-8(2)9-4-6-10(11)7-5-9;;;;;;/h12-15H,5-11H2,1-4H3;11-12,18H,4-10H2,1-3H3;4-8,11H,3H2,1-2H3;6*1H4. The van der Waals surface area contributed by atoms with Gasteiger partial charge in [-0.3, -0.25) is 9.59 Å². The van der Waals surface area contributed by atoms with E-state index < -0.39 is 11.0 Å². The van der Waals surface area contributed by atoms with Gasteiger partial charge in [-0.05, 0) is 177 Å². The molecule has 6 nitrogen and oxygen atoms in total. The molecule has 1 aromatic rings. The maximum Gasteiger partial charge on any atom is 0.312 e. The minimum absolute atomic E-state index is 0. The SMILES string of the molecule is C.C.C.C.C.C.CCC(C)(C)C(=O)OC1(CC)C2CC3CC(C2)CC1C3.CCC(C)(C)C(=O)OC12CC3CC(CC(O)(C3)C1)C2.CCC(C)c1ccc(O)cc1. The molecule has 0 amide bonds. The van der Waals surface area contributed by atoms with E-state index in [2.05, 4.69) is 27.7 Å². The van der Waals surface area contributed by atoms with Crippen LogP contribution in [0.5, 0.6) is 5.75 Å². The molecule has 6 heteroatoms. The van der Waals surface area contributed by atoms with Gasteiger partial charge >= 0.3 is 11.9 Å². The molecule has 0 aromatic heterocycles. The van der Waals surface area contributed by atoms with Gasteiger partial charge < -0.3 is 19.7 Å². The average Bonchev–Trinajstić information content (AvgIpc) is 3.05. The summed E-state index contributed by atoms with van der Waals surface area (Å²) in [5.41, 5.74) is -0.492. The summed E-state index contributed by atoms with van der Waals surface area (Å²) in [5.74, 6) is 5.14. The van der Waals surface area contributed by atoms with Crippen molar-refractivity contribution in [2.24, 2.45) is 46.3 Å². The lowest BCUT2D eigenvalue weighted by molar-refractivity contribution is -0.225. The van der Waals surface area contributed by atoms with Crippen molar-refractivity contribution in [2.75, 3.05) is 0 Å². The number of esters is 2. The molecule has 0 saturated heterocycles. The Balaban J connectivity index is 0. The summed E-state index contributed by atoms with van der Waals surface area (Å²) in [5, 5.41) is 19.7. The molecular formula is C50H94O6. The van der Waals surface area contributed by atoms with E-state index in [0.717, 1.165) is 63.2 Å². The van der Waals surface area contributed by atoms with Crippen molar-refractivity contribution in [2.45, 2.75) is 226 Å². The predicted octanol–water partition coefficient (Wildman–Crippen LogP) is 14.3. The van der Waals surface area contributed by atoms with Crippen LogP contribution in [0.3, 0.4) is 0 Å². The van der Waals surface area contributed by atoms with Crippen LogP contribution >= 0.6 is 0 Å². The van der Waals surface area contributed by atoms with Gasteiger partial charge in [0.05, 0.1) is 16.4 Å². The van der Waals surface area contributed by atoms with Gasteiger partial charge in [-0.15, -0.1) is 0 Å². The maximum atomic E-state index is 12.6. The molecule has 0 spiro atoms. The highest BCUT2D eigenvalue weighted by molar-refractivity contribution is 5.77. The second kappa shape index (κ2) is 21.3. The summed E-state index contributed by atoms with van der Waals surface area (Å²) in [7, 11) is 0. The summed E-state index contributed by atoms with van der Waals surface area (Å²) in [6.07, 6.45) is 16.1. The van der Waals surface area contributed by atoms with Gasteiger partial charge in [-0.1, -0.05) is 91.3 Å². The molecule has 0 heterocycles. The number of ether oxygens (including phenoxy) is 2. The molecule has 9 rings (SSSR count). The summed E-state index contributed by atoms with van der Waals surface area (Å²) in [6, 6.07) is 7.43. The van der Waals surface area contributed by atoms with Crippen molar-refractivity contribution >= 4 is 11.9 Å². The highest BCUT2D eigenvalue weighted by Gasteiger charge is 2.60. The summed E-state index contributed by atoms with van der Waals surface area (Å²) in [4.78, 5) is 25.0. The fraction of sp³-hybridized carbons (Fsp3) is 0.840. The molecule has 56 heavy (non-hydrogen) atoms. The third kappa shape index (κ3) is 11.8. The average molecular weight is 791 g/mol. The van der Waals surface area contributed by atoms with Crippen molar-refractivity contribution in [1.82, 2.24) is 0 Å². The van der Waals surface area contributed by atoms with Crippen LogP contribution in [-0.2, 0) is 19.1 Å². The van der Waals surface area contributed by atoms with Crippen LogP contribution in [0.15, 0.2) is 24.3 Å². The number of carbonyl (C=O) groups excluding carboxylic acids is 2. The van der Waals surface area contributed by atoms with Gasteiger partial charge in [0.25, 0.3) is 0 Å². The number of aliphatic hydroxyl groups is 1. The largest absolute Gasteiger partial charge is 0.508 e. The van der Waals surface area contributed by atoms with Crippen molar-refractivity contribution in [3.63, 3.8) is 0 Å². The number of hydrogen-bond donors (Lipinski definition) is 2. The Morgan fingerprint density at radius 2 is 1.09 bits per heavy atom. The molecular weight excluding hydrogens is 697 g/mol. The molecule has 3 atom stereocenters. The molecule has 8 aliphatic rings. The third-order valence-corrected chi connectivity index (χ3v) is 14.6. The van der Waals surface area contributed by atoms with Crippen LogP contribution in [0.25, 0.3) is 0 Å². The quantitative estimate of drug-likeness (QED) is 0.242. The summed E-state index contributed by atoms with van der Waals surface area (Å²) < 4.78 is 12.3. The zero-order valence-corrected chi connectivity index (χ0v) is 33.0. The first-order valence-electron chi connectivity index (χ1n) is 20.4. The zero-order valence-electron chi connectivity index (χ0n) is 33.0. The first-order chi connectivity index (χ1) is 23.4. The van der Waals surface area contributed by atoms with Crippen molar-refractivity contribution in [3.05, 3.63) is 29.8 Å². The molecule has 330 valence electrons. The van der Waals surface area contributed by atoms with Crippen LogP contribution in [0, 0.1) is 46.3 Å². The topological polar surface area (TPSA) is 93.1 Å². The molecule has 8 aliphatic carbocycles. The minimum Gasteiger partial charge on any atom is -0.508 e. The maximum absolute atomic E-state index is 12.6. The van der Waals surface area contributed by atoms with Crippen molar-refractivity contribution in [1.29, 1.82) is 0 Å². The van der Waals surface area contributed by atoms with E-state index >= 15 is 0 Å². The number of phenols is 1. The molecule has 0 radical (unpaired) electrons. The lowest BCUT2D eigenvalue weighted by Gasteiger charge is -2.60. The van der Waals surface area contributed by atoms with Gasteiger partial charge in [0.1, 0.15) is 17.0 Å². The second-order valence-electron chi connectivity index (χ2n) is 19.1. The molecule has 2 N–H and O–H groups in total. The van der Waals surface area contributed by atoms with Crippen molar-refractivity contribution < 1.29 is 29.3 Å². The van der Waals surface area contributed by atoms with E-state index in [-0.39, 0.29) is 73.1 Å². The summed E-state index contributed by atoms with van der Waals surface area (Å²) >= 11 is 0. The lowest BCUT2D eigenvalue weighted by atomic mass is 9.49. The molecule has 8 bridgehead atoms. The van der Waals surface area contributed by atoms with E-state index in [4.69, 9.17) is 14.6 Å². The molecule has 8 fully saturated rings. The fourth-order valence-corrected chi connectivity index (χ4v) is 11.0. The minimum atomic E-state index is -0.555. The summed E-state index contributed by atoms with van der Waals surface area (Å²) in [6.45, 7) is 18.6. The van der Waals surface area contributed by atoms with Gasteiger partial charge in [0, 0.05) is 6.42 Å². The number of benzene rings is 1. The van der Waals surface area contributed by atoms with Crippen LogP contribution in [0.1, 0.15) is 215 Å². The number of aromatic hydroxyl groups is 1. The Hall–Kier alpha value is -2.08. The first kappa shape index (κ1) is 56.0. The van der Waals surface area contributed by atoms with Crippen LogP contribution in [-0.4, -0.2) is 39.0 Å². The number of hydrogen-bond acceptors (Lipinski definition) is 6. The number of carbonyl (C=O) groups is 2. The van der Waals surface area contributed by atoms with Crippen LogP contribution in [0.2, 0.25) is 0 Å². The smallest absolute Gasteiger partial charge is 0.312 e. The van der Waals surface area contributed by atoms with Gasteiger partial charge in [-0.2, -0.15) is 0 Å². The Morgan fingerprint density at radius 3 is 1.46 bits per heavy atom. The molecule has 0 aliphatic heterocycles. The first-order valence-corrected chi connectivity index (χ1v) is 20.4. The number of phenolic OH excluding ortho intramolecular Hbond substituents is 1. The Kier molecular flexibility index (Phi) is 21.3. The Morgan fingerprint density at radius 1 is 0.679 bits per heavy atom. The van der Waals surface area contributed by atoms with E-state index in [1.54, 1.807) is 12.1 Å². The van der Waals surface area contributed by atoms with Crippen LogP contribution < -0.4 is 0 Å². The van der Waals surface area contributed by atoms with Gasteiger partial charge in [0.15, 0.2) is 0 Å². The Labute approximate surface area is 348 Å². The van der Waals surface area contributed by atoms with E-state index in [1.165, 1.54) is 44.1 Å². The van der Waals surface area contributed by atoms with Gasteiger partial charge in [0.2, 0.25) is 0 Å². The monoisotopic (exact) mass is 791 g/mol. The van der Waals surface area contributed by atoms with Crippen molar-refractivity contribution in [3.8, 4) is 5.75 Å².